The van der Waals surface area contributed by atoms with Crippen molar-refractivity contribution >= 4 is 5.84 Å². The first-order valence-electron chi connectivity index (χ1n) is 5.19. The predicted molar refractivity (Wildman–Crippen MR) is 62.4 cm³/mol. The first-order chi connectivity index (χ1) is 7.13. The second-order valence-corrected chi connectivity index (χ2v) is 3.67. The summed E-state index contributed by atoms with van der Waals surface area (Å²) in [6.07, 6.45) is 0.999. The van der Waals surface area contributed by atoms with Gasteiger partial charge in [0.2, 0.25) is 0 Å². The smallest absolute Gasteiger partial charge is 0.119 e. The third-order valence-corrected chi connectivity index (χ3v) is 2.34. The summed E-state index contributed by atoms with van der Waals surface area (Å²) in [5.74, 6) is 0.986. The van der Waals surface area contributed by atoms with Crippen LogP contribution < -0.4 is 10.5 Å². The molecule has 3 N–H and O–H groups in total. The minimum Gasteiger partial charge on any atom is -0.493 e. The maximum absolute atomic E-state index is 7.24. The molecule has 1 aromatic rings. The second kappa shape index (κ2) is 5.39. The van der Waals surface area contributed by atoms with Crippen LogP contribution in [-0.4, -0.2) is 12.4 Å². The van der Waals surface area contributed by atoms with E-state index in [9.17, 15) is 0 Å². The van der Waals surface area contributed by atoms with Crippen LogP contribution in [0.1, 0.15) is 19.4 Å². The monoisotopic (exact) mass is 206 g/mol. The Labute approximate surface area is 90.8 Å². The van der Waals surface area contributed by atoms with Gasteiger partial charge >= 0.3 is 0 Å². The molecule has 1 rings (SSSR count). The quantitative estimate of drug-likeness (QED) is 0.573. The van der Waals surface area contributed by atoms with Crippen LogP contribution in [0.2, 0.25) is 0 Å². The van der Waals surface area contributed by atoms with Gasteiger partial charge in [0, 0.05) is 5.92 Å². The van der Waals surface area contributed by atoms with Gasteiger partial charge in [-0.05, 0) is 24.1 Å². The SMILES string of the molecule is CCc1cccc(OCC(C)C(=N)N)c1. The fourth-order valence-electron chi connectivity index (χ4n) is 1.17. The Kier molecular flexibility index (Phi) is 4.16. The third kappa shape index (κ3) is 3.62. The maximum atomic E-state index is 7.24. The van der Waals surface area contributed by atoms with Gasteiger partial charge in [-0.15, -0.1) is 0 Å². The fourth-order valence-corrected chi connectivity index (χ4v) is 1.17. The number of nitrogens with one attached hydrogen (secondary N) is 1. The molecule has 1 atom stereocenters. The lowest BCUT2D eigenvalue weighted by Gasteiger charge is -2.12. The van der Waals surface area contributed by atoms with Gasteiger partial charge in [0.05, 0.1) is 12.4 Å². The highest BCUT2D eigenvalue weighted by Gasteiger charge is 2.05. The fraction of sp³-hybridized carbons (Fsp3) is 0.417. The van der Waals surface area contributed by atoms with E-state index in [-0.39, 0.29) is 11.8 Å². The maximum Gasteiger partial charge on any atom is 0.119 e. The summed E-state index contributed by atoms with van der Waals surface area (Å²) in [5.41, 5.74) is 6.61. The molecule has 0 fully saturated rings. The van der Waals surface area contributed by atoms with Crippen molar-refractivity contribution in [3.05, 3.63) is 29.8 Å². The summed E-state index contributed by atoms with van der Waals surface area (Å²) in [4.78, 5) is 0. The number of nitrogens with two attached hydrogens (primary N) is 1. The third-order valence-electron chi connectivity index (χ3n) is 2.34. The molecule has 0 radical (unpaired) electrons. The Morgan fingerprint density at radius 1 is 1.53 bits per heavy atom. The molecule has 0 aromatic heterocycles. The molecule has 0 amide bonds. The van der Waals surface area contributed by atoms with E-state index in [2.05, 4.69) is 13.0 Å². The molecule has 15 heavy (non-hydrogen) atoms. The Morgan fingerprint density at radius 2 is 2.27 bits per heavy atom. The van der Waals surface area contributed by atoms with Crippen molar-refractivity contribution in [2.75, 3.05) is 6.61 Å². The van der Waals surface area contributed by atoms with E-state index in [4.69, 9.17) is 15.9 Å². The van der Waals surface area contributed by atoms with Crippen molar-refractivity contribution in [2.45, 2.75) is 20.3 Å². The Hall–Kier alpha value is -1.51. The normalized spacial score (nSPS) is 12.1. The van der Waals surface area contributed by atoms with Gasteiger partial charge in [0.1, 0.15) is 5.75 Å². The molecule has 82 valence electrons. The Morgan fingerprint density at radius 3 is 2.87 bits per heavy atom. The number of ether oxygens (including phenoxy) is 1. The van der Waals surface area contributed by atoms with Crippen LogP contribution in [0.3, 0.4) is 0 Å². The van der Waals surface area contributed by atoms with Crippen molar-refractivity contribution in [1.82, 2.24) is 0 Å². The van der Waals surface area contributed by atoms with Crippen LogP contribution in [-0.2, 0) is 6.42 Å². The van der Waals surface area contributed by atoms with Gasteiger partial charge in [-0.3, -0.25) is 5.41 Å². The van der Waals surface area contributed by atoms with Crippen LogP contribution in [0.15, 0.2) is 24.3 Å². The van der Waals surface area contributed by atoms with E-state index in [1.165, 1.54) is 5.56 Å². The second-order valence-electron chi connectivity index (χ2n) is 3.67. The van der Waals surface area contributed by atoms with Crippen molar-refractivity contribution < 1.29 is 4.74 Å². The van der Waals surface area contributed by atoms with E-state index in [1.807, 2.05) is 25.1 Å². The van der Waals surface area contributed by atoms with Gasteiger partial charge in [-0.2, -0.15) is 0 Å². The Bertz CT molecular complexity index is 336. The molecule has 3 heteroatoms. The zero-order chi connectivity index (χ0) is 11.3. The van der Waals surface area contributed by atoms with Crippen LogP contribution in [0.4, 0.5) is 0 Å². The highest BCUT2D eigenvalue weighted by atomic mass is 16.5. The van der Waals surface area contributed by atoms with Crippen molar-refractivity contribution in [3.8, 4) is 5.75 Å². The number of amidine groups is 1. The molecule has 1 aromatic carbocycles. The molecule has 0 saturated carbocycles. The topological polar surface area (TPSA) is 59.1 Å². The summed E-state index contributed by atoms with van der Waals surface area (Å²) >= 11 is 0. The average molecular weight is 206 g/mol. The summed E-state index contributed by atoms with van der Waals surface area (Å²) in [7, 11) is 0. The van der Waals surface area contributed by atoms with Crippen LogP contribution in [0.5, 0.6) is 5.75 Å². The van der Waals surface area contributed by atoms with E-state index in [0.717, 1.165) is 12.2 Å². The summed E-state index contributed by atoms with van der Waals surface area (Å²) in [5, 5.41) is 7.24. The first kappa shape index (κ1) is 11.6. The molecule has 1 unspecified atom stereocenters. The molecule has 0 saturated heterocycles. The minimum absolute atomic E-state index is 0.0321. The number of hydrogen-bond donors (Lipinski definition) is 2. The predicted octanol–water partition coefficient (Wildman–Crippen LogP) is 2.20. The number of benzene rings is 1. The van der Waals surface area contributed by atoms with Gasteiger partial charge in [0.25, 0.3) is 0 Å². The standard InChI is InChI=1S/C12H18N2O/c1-3-10-5-4-6-11(7-10)15-8-9(2)12(13)14/h4-7,9H,3,8H2,1-2H3,(H3,13,14). The molecular weight excluding hydrogens is 188 g/mol. The molecule has 0 aliphatic heterocycles. The lowest BCUT2D eigenvalue weighted by molar-refractivity contribution is 0.291. The summed E-state index contributed by atoms with van der Waals surface area (Å²) in [6, 6.07) is 7.99. The minimum atomic E-state index is -0.0321. The van der Waals surface area contributed by atoms with Crippen molar-refractivity contribution in [3.63, 3.8) is 0 Å². The van der Waals surface area contributed by atoms with E-state index < -0.39 is 0 Å². The van der Waals surface area contributed by atoms with Crippen molar-refractivity contribution in [1.29, 1.82) is 5.41 Å². The van der Waals surface area contributed by atoms with E-state index in [0.29, 0.717) is 6.61 Å². The molecule has 0 heterocycles. The molecule has 0 aliphatic carbocycles. The van der Waals surface area contributed by atoms with Crippen molar-refractivity contribution in [2.24, 2.45) is 11.7 Å². The largest absolute Gasteiger partial charge is 0.493 e. The van der Waals surface area contributed by atoms with Crippen LogP contribution in [0, 0.1) is 11.3 Å². The lowest BCUT2D eigenvalue weighted by Crippen LogP contribution is -2.25. The molecular formula is C12H18N2O. The molecule has 0 aliphatic rings. The highest BCUT2D eigenvalue weighted by molar-refractivity contribution is 5.79. The van der Waals surface area contributed by atoms with E-state index >= 15 is 0 Å². The zero-order valence-corrected chi connectivity index (χ0v) is 9.29. The average Bonchev–Trinajstić information content (AvgIpc) is 2.26. The first-order valence-corrected chi connectivity index (χ1v) is 5.19. The summed E-state index contributed by atoms with van der Waals surface area (Å²) < 4.78 is 5.55. The number of aryl methyl sites for hydroxylation is 1. The number of hydrogen-bond acceptors (Lipinski definition) is 2. The van der Waals surface area contributed by atoms with Gasteiger partial charge < -0.3 is 10.5 Å². The zero-order valence-electron chi connectivity index (χ0n) is 9.29. The molecule has 0 spiro atoms. The van der Waals surface area contributed by atoms with Gasteiger partial charge in [-0.25, -0.2) is 0 Å². The Balaban J connectivity index is 2.53. The van der Waals surface area contributed by atoms with Crippen LogP contribution >= 0.6 is 0 Å². The van der Waals surface area contributed by atoms with E-state index in [1.54, 1.807) is 0 Å². The molecule has 0 bridgehead atoms. The van der Waals surface area contributed by atoms with Crippen LogP contribution in [0.25, 0.3) is 0 Å². The summed E-state index contributed by atoms with van der Waals surface area (Å²) in [6.45, 7) is 4.45. The van der Waals surface area contributed by atoms with Gasteiger partial charge in [-0.1, -0.05) is 26.0 Å². The number of rotatable bonds is 5. The lowest BCUT2D eigenvalue weighted by atomic mass is 10.1. The van der Waals surface area contributed by atoms with Gasteiger partial charge in [0.15, 0.2) is 0 Å². The molecule has 3 nitrogen and oxygen atoms in total. The highest BCUT2D eigenvalue weighted by Crippen LogP contribution is 2.14.